The highest BCUT2D eigenvalue weighted by molar-refractivity contribution is 6.35. The van der Waals surface area contributed by atoms with Gasteiger partial charge in [0, 0.05) is 18.7 Å². The monoisotopic (exact) mass is 207 g/mol. The third kappa shape index (κ3) is 1.59. The SMILES string of the molecule is COCc1ccnc2c(Cl)cccc12. The maximum Gasteiger partial charge on any atom is 0.0891 e. The van der Waals surface area contributed by atoms with Gasteiger partial charge in [0.05, 0.1) is 17.1 Å². The van der Waals surface area contributed by atoms with E-state index < -0.39 is 0 Å². The molecule has 1 aromatic carbocycles. The van der Waals surface area contributed by atoms with E-state index in [9.17, 15) is 0 Å². The first-order chi connectivity index (χ1) is 6.83. The first-order valence-electron chi connectivity index (χ1n) is 4.34. The molecule has 2 nitrogen and oxygen atoms in total. The Labute approximate surface area is 87.5 Å². The molecule has 0 aliphatic rings. The largest absolute Gasteiger partial charge is 0.380 e. The molecule has 1 heterocycles. The Morgan fingerprint density at radius 2 is 2.21 bits per heavy atom. The van der Waals surface area contributed by atoms with Gasteiger partial charge in [0.25, 0.3) is 0 Å². The van der Waals surface area contributed by atoms with Gasteiger partial charge in [-0.3, -0.25) is 4.98 Å². The number of fused-ring (bicyclic) bond motifs is 1. The summed E-state index contributed by atoms with van der Waals surface area (Å²) in [5.41, 5.74) is 1.95. The molecule has 0 amide bonds. The molecule has 0 saturated heterocycles. The lowest BCUT2D eigenvalue weighted by molar-refractivity contribution is 0.186. The molecule has 0 saturated carbocycles. The molecule has 0 aliphatic carbocycles. The number of ether oxygens (including phenoxy) is 1. The molecule has 0 bridgehead atoms. The van der Waals surface area contributed by atoms with Crippen molar-refractivity contribution in [3.8, 4) is 0 Å². The highest BCUT2D eigenvalue weighted by Crippen LogP contribution is 2.23. The zero-order valence-electron chi connectivity index (χ0n) is 7.83. The van der Waals surface area contributed by atoms with Gasteiger partial charge in [0.2, 0.25) is 0 Å². The Morgan fingerprint density at radius 1 is 1.36 bits per heavy atom. The second-order valence-corrected chi connectivity index (χ2v) is 3.45. The van der Waals surface area contributed by atoms with Crippen LogP contribution in [0.1, 0.15) is 5.56 Å². The number of methoxy groups -OCH3 is 1. The molecule has 0 radical (unpaired) electrons. The van der Waals surface area contributed by atoms with Gasteiger partial charge in [0.15, 0.2) is 0 Å². The number of para-hydroxylation sites is 1. The fraction of sp³-hybridized carbons (Fsp3) is 0.182. The lowest BCUT2D eigenvalue weighted by Gasteiger charge is -2.05. The molecular formula is C11H10ClNO. The summed E-state index contributed by atoms with van der Waals surface area (Å²) in [5, 5.41) is 1.74. The van der Waals surface area contributed by atoms with E-state index >= 15 is 0 Å². The molecule has 0 aliphatic heterocycles. The zero-order valence-corrected chi connectivity index (χ0v) is 8.58. The van der Waals surface area contributed by atoms with E-state index in [1.54, 1.807) is 13.3 Å². The second-order valence-electron chi connectivity index (χ2n) is 3.04. The average Bonchev–Trinajstić information content (AvgIpc) is 2.20. The van der Waals surface area contributed by atoms with Gasteiger partial charge in [-0.2, -0.15) is 0 Å². The van der Waals surface area contributed by atoms with E-state index in [4.69, 9.17) is 16.3 Å². The molecule has 0 unspecified atom stereocenters. The van der Waals surface area contributed by atoms with E-state index in [2.05, 4.69) is 4.98 Å². The van der Waals surface area contributed by atoms with Gasteiger partial charge in [0.1, 0.15) is 0 Å². The highest BCUT2D eigenvalue weighted by Gasteiger charge is 2.03. The Kier molecular flexibility index (Phi) is 2.66. The maximum absolute atomic E-state index is 6.03. The third-order valence-electron chi connectivity index (χ3n) is 2.11. The molecule has 1 aromatic heterocycles. The minimum atomic E-state index is 0.583. The number of nitrogens with zero attached hydrogens (tertiary/aromatic N) is 1. The number of pyridine rings is 1. The molecule has 14 heavy (non-hydrogen) atoms. The maximum atomic E-state index is 6.03. The molecule has 2 aromatic rings. The summed E-state index contributed by atoms with van der Waals surface area (Å²) < 4.78 is 5.10. The first-order valence-corrected chi connectivity index (χ1v) is 4.72. The van der Waals surface area contributed by atoms with Crippen molar-refractivity contribution in [1.29, 1.82) is 0 Å². The molecule has 0 N–H and O–H groups in total. The lowest BCUT2D eigenvalue weighted by Crippen LogP contribution is -1.91. The van der Waals surface area contributed by atoms with Crippen molar-refractivity contribution >= 4 is 22.5 Å². The van der Waals surface area contributed by atoms with Crippen LogP contribution in [0.5, 0.6) is 0 Å². The van der Waals surface area contributed by atoms with E-state index in [0.29, 0.717) is 11.6 Å². The summed E-state index contributed by atoms with van der Waals surface area (Å²) in [5.74, 6) is 0. The zero-order chi connectivity index (χ0) is 9.97. The Balaban J connectivity index is 2.68. The van der Waals surface area contributed by atoms with Gasteiger partial charge >= 0.3 is 0 Å². The predicted octanol–water partition coefficient (Wildman–Crippen LogP) is 3.03. The summed E-state index contributed by atoms with van der Waals surface area (Å²) in [6, 6.07) is 7.71. The summed E-state index contributed by atoms with van der Waals surface area (Å²) in [7, 11) is 1.68. The van der Waals surface area contributed by atoms with Gasteiger partial charge in [-0.25, -0.2) is 0 Å². The Bertz CT molecular complexity index is 456. The van der Waals surface area contributed by atoms with E-state index in [1.165, 1.54) is 0 Å². The van der Waals surface area contributed by atoms with E-state index in [1.807, 2.05) is 24.3 Å². The van der Waals surface area contributed by atoms with Crippen LogP contribution in [0.2, 0.25) is 5.02 Å². The quantitative estimate of drug-likeness (QED) is 0.755. The molecule has 0 fully saturated rings. The van der Waals surface area contributed by atoms with Crippen LogP contribution in [-0.4, -0.2) is 12.1 Å². The molecule has 2 rings (SSSR count). The number of aromatic nitrogens is 1. The van der Waals surface area contributed by atoms with Crippen molar-refractivity contribution in [2.75, 3.05) is 7.11 Å². The standard InChI is InChI=1S/C11H10ClNO/c1-14-7-8-5-6-13-11-9(8)3-2-4-10(11)12/h2-6H,7H2,1H3. The molecule has 0 spiro atoms. The van der Waals surface area contributed by atoms with Gasteiger partial charge in [-0.1, -0.05) is 23.7 Å². The average molecular weight is 208 g/mol. The topological polar surface area (TPSA) is 22.1 Å². The third-order valence-corrected chi connectivity index (χ3v) is 2.42. The number of hydrogen-bond donors (Lipinski definition) is 0. The van der Waals surface area contributed by atoms with Gasteiger partial charge in [-0.15, -0.1) is 0 Å². The Morgan fingerprint density at radius 3 is 3.00 bits per heavy atom. The normalized spacial score (nSPS) is 10.7. The van der Waals surface area contributed by atoms with Crippen LogP contribution in [0.25, 0.3) is 10.9 Å². The fourth-order valence-electron chi connectivity index (χ4n) is 1.48. The van der Waals surface area contributed by atoms with Crippen molar-refractivity contribution in [3.63, 3.8) is 0 Å². The van der Waals surface area contributed by atoms with E-state index in [0.717, 1.165) is 16.5 Å². The highest BCUT2D eigenvalue weighted by atomic mass is 35.5. The van der Waals surface area contributed by atoms with Crippen LogP contribution in [0.4, 0.5) is 0 Å². The molecule has 3 heteroatoms. The summed E-state index contributed by atoms with van der Waals surface area (Å²) in [6.07, 6.45) is 1.75. The van der Waals surface area contributed by atoms with Crippen molar-refractivity contribution in [1.82, 2.24) is 4.98 Å². The molecule has 72 valence electrons. The van der Waals surface area contributed by atoms with Crippen LogP contribution < -0.4 is 0 Å². The Hall–Kier alpha value is -1.12. The van der Waals surface area contributed by atoms with Crippen molar-refractivity contribution < 1.29 is 4.74 Å². The van der Waals surface area contributed by atoms with Crippen molar-refractivity contribution in [2.24, 2.45) is 0 Å². The minimum Gasteiger partial charge on any atom is -0.380 e. The van der Waals surface area contributed by atoms with Crippen LogP contribution in [0.3, 0.4) is 0 Å². The molecule has 0 atom stereocenters. The van der Waals surface area contributed by atoms with Gasteiger partial charge < -0.3 is 4.74 Å². The van der Waals surface area contributed by atoms with Crippen LogP contribution in [0.15, 0.2) is 30.5 Å². The van der Waals surface area contributed by atoms with Crippen LogP contribution in [-0.2, 0) is 11.3 Å². The van der Waals surface area contributed by atoms with Crippen LogP contribution in [0, 0.1) is 0 Å². The van der Waals surface area contributed by atoms with Gasteiger partial charge in [-0.05, 0) is 17.7 Å². The molecular weight excluding hydrogens is 198 g/mol. The number of halogens is 1. The van der Waals surface area contributed by atoms with Crippen molar-refractivity contribution in [3.05, 3.63) is 41.0 Å². The van der Waals surface area contributed by atoms with Crippen molar-refractivity contribution in [2.45, 2.75) is 6.61 Å². The lowest BCUT2D eigenvalue weighted by atomic mass is 10.1. The smallest absolute Gasteiger partial charge is 0.0891 e. The summed E-state index contributed by atoms with van der Waals surface area (Å²) in [4.78, 5) is 4.24. The predicted molar refractivity (Wildman–Crippen MR) is 57.5 cm³/mol. The number of benzene rings is 1. The summed E-state index contributed by atoms with van der Waals surface area (Å²) in [6.45, 7) is 0.583. The van der Waals surface area contributed by atoms with Crippen LogP contribution >= 0.6 is 11.6 Å². The number of hydrogen-bond acceptors (Lipinski definition) is 2. The fourth-order valence-corrected chi connectivity index (χ4v) is 1.70. The number of rotatable bonds is 2. The minimum absolute atomic E-state index is 0.583. The first kappa shape index (κ1) is 9.44. The second kappa shape index (κ2) is 3.95. The summed E-state index contributed by atoms with van der Waals surface area (Å²) >= 11 is 6.03. The van der Waals surface area contributed by atoms with E-state index in [-0.39, 0.29) is 0 Å².